The van der Waals surface area contributed by atoms with Gasteiger partial charge in [-0.2, -0.15) is 0 Å². The van der Waals surface area contributed by atoms with Crippen LogP contribution in [0, 0.1) is 5.92 Å². The Morgan fingerprint density at radius 2 is 2.12 bits per heavy atom. The molecular weight excluding hydrogens is 216 g/mol. The van der Waals surface area contributed by atoms with Gasteiger partial charge in [0.1, 0.15) is 0 Å². The first-order valence-electron chi connectivity index (χ1n) is 6.87. The van der Waals surface area contributed by atoms with Gasteiger partial charge in [0.05, 0.1) is 18.6 Å². The van der Waals surface area contributed by atoms with Crippen molar-refractivity contribution < 1.29 is 9.53 Å². The van der Waals surface area contributed by atoms with Gasteiger partial charge in [-0.25, -0.2) is 0 Å². The van der Waals surface area contributed by atoms with Crippen LogP contribution in [0.5, 0.6) is 0 Å². The molecule has 17 heavy (non-hydrogen) atoms. The second kappa shape index (κ2) is 5.83. The monoisotopic (exact) mass is 240 g/mol. The van der Waals surface area contributed by atoms with Gasteiger partial charge in [0.2, 0.25) is 5.91 Å². The van der Waals surface area contributed by atoms with E-state index >= 15 is 0 Å². The summed E-state index contributed by atoms with van der Waals surface area (Å²) in [6.45, 7) is 9.75. The summed E-state index contributed by atoms with van der Waals surface area (Å²) < 4.78 is 5.26. The molecule has 0 aromatic heterocycles. The van der Waals surface area contributed by atoms with Crippen LogP contribution in [0.15, 0.2) is 0 Å². The van der Waals surface area contributed by atoms with E-state index in [9.17, 15) is 4.79 Å². The average molecular weight is 240 g/mol. The number of rotatable bonds is 5. The second-order valence-corrected chi connectivity index (χ2v) is 5.06. The van der Waals surface area contributed by atoms with E-state index in [2.05, 4.69) is 18.7 Å². The highest BCUT2D eigenvalue weighted by atomic mass is 16.6. The molecule has 0 aromatic rings. The molecule has 2 aliphatic heterocycles. The maximum Gasteiger partial charge on any atom is 0.226 e. The van der Waals surface area contributed by atoms with Crippen LogP contribution in [-0.4, -0.2) is 61.1 Å². The molecule has 0 radical (unpaired) electrons. The van der Waals surface area contributed by atoms with Gasteiger partial charge in [0.25, 0.3) is 0 Å². The Morgan fingerprint density at radius 1 is 1.41 bits per heavy atom. The van der Waals surface area contributed by atoms with E-state index in [-0.39, 0.29) is 5.92 Å². The van der Waals surface area contributed by atoms with Gasteiger partial charge < -0.3 is 9.64 Å². The number of carbonyl (C=O) groups excluding carboxylic acids is 1. The third kappa shape index (κ3) is 3.42. The van der Waals surface area contributed by atoms with E-state index in [0.717, 1.165) is 52.2 Å². The Balaban J connectivity index is 1.84. The summed E-state index contributed by atoms with van der Waals surface area (Å²) in [5.74, 6) is 0.554. The van der Waals surface area contributed by atoms with Crippen LogP contribution in [0.1, 0.15) is 26.7 Å². The summed E-state index contributed by atoms with van der Waals surface area (Å²) in [7, 11) is 0. The number of likely N-dealkylation sites (tertiary alicyclic amines) is 1. The summed E-state index contributed by atoms with van der Waals surface area (Å²) in [6.07, 6.45) is 2.64. The molecule has 4 heteroatoms. The molecule has 1 amide bonds. The molecule has 2 atom stereocenters. The van der Waals surface area contributed by atoms with Gasteiger partial charge in [-0.1, -0.05) is 0 Å². The maximum absolute atomic E-state index is 12.3. The van der Waals surface area contributed by atoms with Gasteiger partial charge in [-0.05, 0) is 33.2 Å². The van der Waals surface area contributed by atoms with Crippen molar-refractivity contribution in [2.45, 2.75) is 32.8 Å². The molecule has 0 unspecified atom stereocenters. The number of ether oxygens (including phenoxy) is 1. The first-order chi connectivity index (χ1) is 8.24. The van der Waals surface area contributed by atoms with Crippen molar-refractivity contribution in [1.29, 1.82) is 0 Å². The fourth-order valence-electron chi connectivity index (χ4n) is 2.68. The molecule has 0 aromatic carbocycles. The van der Waals surface area contributed by atoms with Crippen molar-refractivity contribution >= 4 is 5.91 Å². The minimum absolute atomic E-state index is 0.211. The molecule has 0 bridgehead atoms. The van der Waals surface area contributed by atoms with Gasteiger partial charge in [0.15, 0.2) is 0 Å². The van der Waals surface area contributed by atoms with Crippen molar-refractivity contribution in [3.8, 4) is 0 Å². The lowest BCUT2D eigenvalue weighted by atomic mass is 9.96. The molecule has 2 heterocycles. The number of hydrogen-bond donors (Lipinski definition) is 0. The van der Waals surface area contributed by atoms with Crippen molar-refractivity contribution in [3.05, 3.63) is 0 Å². The highest BCUT2D eigenvalue weighted by Gasteiger charge is 2.32. The van der Waals surface area contributed by atoms with Gasteiger partial charge in [-0.3, -0.25) is 9.69 Å². The van der Waals surface area contributed by atoms with Gasteiger partial charge in [0, 0.05) is 26.2 Å². The summed E-state index contributed by atoms with van der Waals surface area (Å²) in [5, 5.41) is 0. The molecule has 2 saturated heterocycles. The van der Waals surface area contributed by atoms with E-state index in [1.165, 1.54) is 0 Å². The number of carbonyl (C=O) groups is 1. The Kier molecular flexibility index (Phi) is 4.40. The second-order valence-electron chi connectivity index (χ2n) is 5.06. The molecular formula is C13H24N2O2. The first kappa shape index (κ1) is 12.8. The molecule has 0 saturated carbocycles. The molecule has 2 aliphatic rings. The Bertz CT molecular complexity index is 262. The summed E-state index contributed by atoms with van der Waals surface area (Å²) in [6, 6.07) is 0. The highest BCUT2D eigenvalue weighted by Crippen LogP contribution is 2.21. The van der Waals surface area contributed by atoms with Crippen LogP contribution < -0.4 is 0 Å². The van der Waals surface area contributed by atoms with Crippen molar-refractivity contribution in [2.24, 2.45) is 5.92 Å². The van der Waals surface area contributed by atoms with E-state index in [4.69, 9.17) is 4.74 Å². The molecule has 2 rings (SSSR count). The number of amides is 1. The summed E-state index contributed by atoms with van der Waals surface area (Å²) in [5.41, 5.74) is 0. The van der Waals surface area contributed by atoms with Crippen LogP contribution in [0.2, 0.25) is 0 Å². The summed E-state index contributed by atoms with van der Waals surface area (Å²) in [4.78, 5) is 16.6. The third-order valence-electron chi connectivity index (χ3n) is 3.79. The lowest BCUT2D eigenvalue weighted by Gasteiger charge is -2.34. The van der Waals surface area contributed by atoms with E-state index in [1.54, 1.807) is 0 Å². The molecule has 0 aliphatic carbocycles. The number of epoxide rings is 1. The number of hydrogen-bond acceptors (Lipinski definition) is 3. The van der Waals surface area contributed by atoms with E-state index < -0.39 is 0 Å². The van der Waals surface area contributed by atoms with E-state index in [0.29, 0.717) is 12.0 Å². The van der Waals surface area contributed by atoms with Gasteiger partial charge in [-0.15, -0.1) is 0 Å². The van der Waals surface area contributed by atoms with Crippen molar-refractivity contribution in [1.82, 2.24) is 9.80 Å². The molecule has 0 spiro atoms. The van der Waals surface area contributed by atoms with Gasteiger partial charge >= 0.3 is 0 Å². The fraction of sp³-hybridized carbons (Fsp3) is 0.923. The predicted molar refractivity (Wildman–Crippen MR) is 66.8 cm³/mol. The SMILES string of the molecule is CCN(CC)C(=O)[C@H]1CCCN(C[C@@H]2CO2)C1. The number of piperidine rings is 1. The predicted octanol–water partition coefficient (Wildman–Crippen LogP) is 0.966. The van der Waals surface area contributed by atoms with E-state index in [1.807, 2.05) is 4.90 Å². The zero-order valence-corrected chi connectivity index (χ0v) is 11.0. The van der Waals surface area contributed by atoms with Crippen LogP contribution in [0.3, 0.4) is 0 Å². The fourth-order valence-corrected chi connectivity index (χ4v) is 2.68. The standard InChI is InChI=1S/C13H24N2O2/c1-3-15(4-2)13(16)11-6-5-7-14(8-11)9-12-10-17-12/h11-12H,3-10H2,1-2H3/t11-,12+/m0/s1. The molecule has 0 N–H and O–H groups in total. The Hall–Kier alpha value is -0.610. The largest absolute Gasteiger partial charge is 0.372 e. The maximum atomic E-state index is 12.3. The first-order valence-corrected chi connectivity index (χ1v) is 6.87. The van der Waals surface area contributed by atoms with Crippen molar-refractivity contribution in [3.63, 3.8) is 0 Å². The lowest BCUT2D eigenvalue weighted by molar-refractivity contribution is -0.137. The lowest BCUT2D eigenvalue weighted by Crippen LogP contribution is -2.45. The molecule has 4 nitrogen and oxygen atoms in total. The van der Waals surface area contributed by atoms with Crippen LogP contribution in [0.25, 0.3) is 0 Å². The normalized spacial score (nSPS) is 29.1. The number of nitrogens with zero attached hydrogens (tertiary/aromatic N) is 2. The minimum Gasteiger partial charge on any atom is -0.372 e. The van der Waals surface area contributed by atoms with Crippen molar-refractivity contribution in [2.75, 3.05) is 39.3 Å². The summed E-state index contributed by atoms with van der Waals surface area (Å²) >= 11 is 0. The Labute approximate surface area is 104 Å². The zero-order valence-electron chi connectivity index (χ0n) is 11.0. The zero-order chi connectivity index (χ0) is 12.3. The molecule has 98 valence electrons. The third-order valence-corrected chi connectivity index (χ3v) is 3.79. The molecule has 2 fully saturated rings. The highest BCUT2D eigenvalue weighted by molar-refractivity contribution is 5.79. The topological polar surface area (TPSA) is 36.1 Å². The van der Waals surface area contributed by atoms with Crippen LogP contribution in [0.4, 0.5) is 0 Å². The average Bonchev–Trinajstić information content (AvgIpc) is 3.15. The van der Waals surface area contributed by atoms with Crippen LogP contribution >= 0.6 is 0 Å². The smallest absolute Gasteiger partial charge is 0.226 e. The Morgan fingerprint density at radius 3 is 2.71 bits per heavy atom. The minimum atomic E-state index is 0.211. The quantitative estimate of drug-likeness (QED) is 0.672. The van der Waals surface area contributed by atoms with Crippen LogP contribution in [-0.2, 0) is 9.53 Å².